The van der Waals surface area contributed by atoms with Crippen LogP contribution in [0.15, 0.2) is 78.5 Å². The molecule has 7 heteroatoms. The van der Waals surface area contributed by atoms with Crippen LogP contribution in [0.25, 0.3) is 5.57 Å². The highest BCUT2D eigenvalue weighted by Crippen LogP contribution is 2.36. The number of para-hydroxylation sites is 2. The van der Waals surface area contributed by atoms with E-state index in [9.17, 15) is 14.0 Å². The summed E-state index contributed by atoms with van der Waals surface area (Å²) in [5, 5.41) is 3.59. The molecule has 156 valence electrons. The number of nitrogens with one attached hydrogen (secondary N) is 1. The highest BCUT2D eigenvalue weighted by atomic mass is 35.5. The molecule has 0 unspecified atom stereocenters. The minimum atomic E-state index is -0.548. The predicted molar refractivity (Wildman–Crippen MR) is 118 cm³/mol. The van der Waals surface area contributed by atoms with E-state index in [0.717, 1.165) is 4.90 Å². The Labute approximate surface area is 183 Å². The van der Waals surface area contributed by atoms with E-state index in [1.54, 1.807) is 42.5 Å². The lowest BCUT2D eigenvalue weighted by atomic mass is 10.0. The predicted octanol–water partition coefficient (Wildman–Crippen LogP) is 5.27. The van der Waals surface area contributed by atoms with E-state index in [4.69, 9.17) is 16.3 Å². The van der Waals surface area contributed by atoms with Crippen molar-refractivity contribution in [2.24, 2.45) is 0 Å². The van der Waals surface area contributed by atoms with Crippen LogP contribution in [-0.2, 0) is 9.59 Å². The topological polar surface area (TPSA) is 58.6 Å². The van der Waals surface area contributed by atoms with Gasteiger partial charge in [0.05, 0.1) is 23.6 Å². The zero-order valence-electron chi connectivity index (χ0n) is 16.6. The third-order valence-corrected chi connectivity index (χ3v) is 5.00. The van der Waals surface area contributed by atoms with Crippen LogP contribution in [0, 0.1) is 5.82 Å². The molecule has 4 rings (SSSR count). The number of hydrogen-bond acceptors (Lipinski definition) is 4. The molecular formula is C24H18ClFN2O3. The van der Waals surface area contributed by atoms with E-state index < -0.39 is 17.6 Å². The van der Waals surface area contributed by atoms with Crippen molar-refractivity contribution in [3.8, 4) is 5.75 Å². The Hall–Kier alpha value is -3.64. The van der Waals surface area contributed by atoms with Gasteiger partial charge in [0, 0.05) is 5.02 Å². The second-order valence-electron chi connectivity index (χ2n) is 6.73. The highest BCUT2D eigenvalue weighted by Gasteiger charge is 2.40. The molecule has 31 heavy (non-hydrogen) atoms. The third kappa shape index (κ3) is 4.02. The zero-order chi connectivity index (χ0) is 22.0. The van der Waals surface area contributed by atoms with Crippen LogP contribution in [0.4, 0.5) is 15.8 Å². The number of hydrogen-bond donors (Lipinski definition) is 1. The maximum atomic E-state index is 13.4. The van der Waals surface area contributed by atoms with E-state index in [1.165, 1.54) is 24.3 Å². The molecule has 3 aromatic rings. The van der Waals surface area contributed by atoms with Gasteiger partial charge in [0.15, 0.2) is 0 Å². The third-order valence-electron chi connectivity index (χ3n) is 4.75. The van der Waals surface area contributed by atoms with Crippen molar-refractivity contribution in [3.63, 3.8) is 0 Å². The quantitative estimate of drug-likeness (QED) is 0.534. The normalized spacial score (nSPS) is 13.7. The molecule has 1 heterocycles. The molecule has 0 bridgehead atoms. The van der Waals surface area contributed by atoms with Gasteiger partial charge >= 0.3 is 0 Å². The molecule has 2 amide bonds. The SMILES string of the molecule is CCOc1ccccc1NC1=C(c2ccc(Cl)cc2)C(=O)N(c2ccc(F)cc2)C1=O. The Bertz CT molecular complexity index is 1170. The molecule has 1 N–H and O–H groups in total. The molecule has 0 aliphatic carbocycles. The van der Waals surface area contributed by atoms with Crippen LogP contribution in [0.2, 0.25) is 5.02 Å². The fourth-order valence-corrected chi connectivity index (χ4v) is 3.47. The van der Waals surface area contributed by atoms with E-state index in [-0.39, 0.29) is 17.0 Å². The Morgan fingerprint density at radius 2 is 1.61 bits per heavy atom. The minimum Gasteiger partial charge on any atom is -0.492 e. The first-order chi connectivity index (χ1) is 15.0. The Morgan fingerprint density at radius 1 is 0.935 bits per heavy atom. The van der Waals surface area contributed by atoms with Gasteiger partial charge in [-0.05, 0) is 61.0 Å². The molecule has 5 nitrogen and oxygen atoms in total. The van der Waals surface area contributed by atoms with E-state index in [0.29, 0.717) is 28.6 Å². The first kappa shape index (κ1) is 20.6. The molecular weight excluding hydrogens is 419 g/mol. The molecule has 0 radical (unpaired) electrons. The van der Waals surface area contributed by atoms with Crippen LogP contribution < -0.4 is 15.0 Å². The number of carbonyl (C=O) groups excluding carboxylic acids is 2. The van der Waals surface area contributed by atoms with Crippen LogP contribution in [-0.4, -0.2) is 18.4 Å². The molecule has 0 aromatic heterocycles. The standard InChI is InChI=1S/C24H18ClFN2O3/c1-2-31-20-6-4-3-5-19(20)27-22-21(15-7-9-16(25)10-8-15)23(29)28(24(22)30)18-13-11-17(26)12-14-18/h3-14,27H,2H2,1H3. The minimum absolute atomic E-state index is 0.101. The van der Waals surface area contributed by atoms with Gasteiger partial charge in [0.1, 0.15) is 17.3 Å². The van der Waals surface area contributed by atoms with Crippen LogP contribution in [0.3, 0.4) is 0 Å². The molecule has 0 spiro atoms. The number of imide groups is 1. The Balaban J connectivity index is 1.82. The van der Waals surface area contributed by atoms with Gasteiger partial charge in [0.2, 0.25) is 0 Å². The molecule has 0 saturated heterocycles. The number of carbonyl (C=O) groups is 2. The largest absolute Gasteiger partial charge is 0.492 e. The number of anilines is 2. The van der Waals surface area contributed by atoms with Crippen molar-refractivity contribution >= 4 is 40.4 Å². The van der Waals surface area contributed by atoms with Gasteiger partial charge < -0.3 is 10.1 Å². The van der Waals surface area contributed by atoms with Crippen LogP contribution in [0.5, 0.6) is 5.75 Å². The first-order valence-corrected chi connectivity index (χ1v) is 10.0. The summed E-state index contributed by atoms with van der Waals surface area (Å²) in [6.07, 6.45) is 0. The number of benzene rings is 3. The lowest BCUT2D eigenvalue weighted by molar-refractivity contribution is -0.120. The van der Waals surface area contributed by atoms with Crippen molar-refractivity contribution in [1.29, 1.82) is 0 Å². The van der Waals surface area contributed by atoms with Crippen molar-refractivity contribution < 1.29 is 18.7 Å². The zero-order valence-corrected chi connectivity index (χ0v) is 17.3. The van der Waals surface area contributed by atoms with Gasteiger partial charge in [-0.15, -0.1) is 0 Å². The summed E-state index contributed by atoms with van der Waals surface area (Å²) < 4.78 is 19.0. The lowest BCUT2D eigenvalue weighted by Gasteiger charge is -2.16. The molecule has 0 saturated carbocycles. The lowest BCUT2D eigenvalue weighted by Crippen LogP contribution is -2.32. The summed E-state index contributed by atoms with van der Waals surface area (Å²) in [5.74, 6) is -0.977. The second kappa shape index (κ2) is 8.62. The smallest absolute Gasteiger partial charge is 0.282 e. The fraction of sp³-hybridized carbons (Fsp3) is 0.0833. The monoisotopic (exact) mass is 436 g/mol. The molecule has 3 aromatic carbocycles. The Morgan fingerprint density at radius 3 is 2.29 bits per heavy atom. The van der Waals surface area contributed by atoms with Gasteiger partial charge in [0.25, 0.3) is 11.8 Å². The number of rotatable bonds is 6. The summed E-state index contributed by atoms with van der Waals surface area (Å²) in [6.45, 7) is 2.30. The summed E-state index contributed by atoms with van der Waals surface area (Å²) in [5.41, 5.74) is 1.65. The number of halogens is 2. The highest BCUT2D eigenvalue weighted by molar-refractivity contribution is 6.46. The molecule has 0 atom stereocenters. The number of amides is 2. The molecule has 0 fully saturated rings. The van der Waals surface area contributed by atoms with Gasteiger partial charge in [-0.2, -0.15) is 0 Å². The molecule has 1 aliphatic rings. The first-order valence-electron chi connectivity index (χ1n) is 9.63. The van der Waals surface area contributed by atoms with E-state index in [1.807, 2.05) is 13.0 Å². The summed E-state index contributed by atoms with van der Waals surface area (Å²) in [4.78, 5) is 27.7. The van der Waals surface area contributed by atoms with E-state index in [2.05, 4.69) is 5.32 Å². The van der Waals surface area contributed by atoms with Crippen molar-refractivity contribution in [1.82, 2.24) is 0 Å². The van der Waals surface area contributed by atoms with Gasteiger partial charge in [-0.25, -0.2) is 9.29 Å². The van der Waals surface area contributed by atoms with Crippen molar-refractivity contribution in [2.75, 3.05) is 16.8 Å². The summed E-state index contributed by atoms with van der Waals surface area (Å²) in [7, 11) is 0. The number of ether oxygens (including phenoxy) is 1. The average molecular weight is 437 g/mol. The van der Waals surface area contributed by atoms with Gasteiger partial charge in [-0.1, -0.05) is 35.9 Å². The summed E-state index contributed by atoms with van der Waals surface area (Å²) >= 11 is 6.00. The average Bonchev–Trinajstić information content (AvgIpc) is 3.01. The van der Waals surface area contributed by atoms with Crippen molar-refractivity contribution in [3.05, 3.63) is 94.9 Å². The molecule has 1 aliphatic heterocycles. The number of nitrogens with zero attached hydrogens (tertiary/aromatic N) is 1. The van der Waals surface area contributed by atoms with Crippen LogP contribution >= 0.6 is 11.6 Å². The Kier molecular flexibility index (Phi) is 5.73. The fourth-order valence-electron chi connectivity index (χ4n) is 3.34. The van der Waals surface area contributed by atoms with Crippen molar-refractivity contribution in [2.45, 2.75) is 6.92 Å². The maximum absolute atomic E-state index is 13.4. The van der Waals surface area contributed by atoms with E-state index >= 15 is 0 Å². The van der Waals surface area contributed by atoms with Gasteiger partial charge in [-0.3, -0.25) is 9.59 Å². The summed E-state index contributed by atoms with van der Waals surface area (Å²) in [6, 6.07) is 19.0. The maximum Gasteiger partial charge on any atom is 0.282 e. The van der Waals surface area contributed by atoms with Crippen LogP contribution in [0.1, 0.15) is 12.5 Å². The second-order valence-corrected chi connectivity index (χ2v) is 7.17.